The van der Waals surface area contributed by atoms with Gasteiger partial charge in [0.05, 0.1) is 0 Å². The van der Waals surface area contributed by atoms with Gasteiger partial charge in [-0.25, -0.2) is 9.97 Å². The van der Waals surface area contributed by atoms with Gasteiger partial charge < -0.3 is 9.80 Å². The van der Waals surface area contributed by atoms with Gasteiger partial charge in [-0.05, 0) is 18.2 Å². The summed E-state index contributed by atoms with van der Waals surface area (Å²) in [6.07, 6.45) is 5.21. The summed E-state index contributed by atoms with van der Waals surface area (Å²) in [4.78, 5) is 29.4. The summed E-state index contributed by atoms with van der Waals surface area (Å²) in [5.41, 5.74) is 0.533. The molecule has 112 valence electrons. The smallest absolute Gasteiger partial charge is 0.272 e. The monoisotopic (exact) mass is 295 g/mol. The second-order valence-corrected chi connectivity index (χ2v) is 5.90. The van der Waals surface area contributed by atoms with Crippen molar-refractivity contribution in [3.05, 3.63) is 48.5 Å². The maximum absolute atomic E-state index is 12.5. The lowest BCUT2D eigenvalue weighted by atomic mass is 10.0. The molecule has 2 aliphatic rings. The Morgan fingerprint density at radius 3 is 2.23 bits per heavy atom. The summed E-state index contributed by atoms with van der Waals surface area (Å²) in [5, 5.41) is 0. The van der Waals surface area contributed by atoms with Crippen molar-refractivity contribution >= 4 is 11.9 Å². The van der Waals surface area contributed by atoms with E-state index in [-0.39, 0.29) is 5.91 Å². The van der Waals surface area contributed by atoms with Crippen LogP contribution in [0, 0.1) is 11.8 Å². The number of aromatic nitrogens is 3. The van der Waals surface area contributed by atoms with Crippen LogP contribution in [0.2, 0.25) is 0 Å². The molecule has 2 fully saturated rings. The molecule has 22 heavy (non-hydrogen) atoms. The fourth-order valence-electron chi connectivity index (χ4n) is 3.43. The molecule has 0 bridgehead atoms. The Labute approximate surface area is 128 Å². The van der Waals surface area contributed by atoms with Crippen LogP contribution in [0.15, 0.2) is 42.9 Å². The maximum Gasteiger partial charge on any atom is 0.272 e. The molecule has 1 amide bonds. The lowest BCUT2D eigenvalue weighted by molar-refractivity contribution is 0.0777. The molecule has 2 aromatic rings. The number of nitrogens with zero attached hydrogens (tertiary/aromatic N) is 5. The third-order valence-electron chi connectivity index (χ3n) is 4.49. The van der Waals surface area contributed by atoms with Gasteiger partial charge in [-0.3, -0.25) is 9.78 Å². The van der Waals surface area contributed by atoms with Crippen LogP contribution in [0.25, 0.3) is 0 Å². The van der Waals surface area contributed by atoms with E-state index in [1.807, 2.05) is 23.1 Å². The first kappa shape index (κ1) is 13.2. The number of amides is 1. The van der Waals surface area contributed by atoms with E-state index in [0.29, 0.717) is 17.5 Å². The maximum atomic E-state index is 12.5. The number of anilines is 1. The van der Waals surface area contributed by atoms with Crippen LogP contribution in [0.5, 0.6) is 0 Å². The molecule has 0 N–H and O–H groups in total. The Morgan fingerprint density at radius 2 is 1.59 bits per heavy atom. The summed E-state index contributed by atoms with van der Waals surface area (Å²) in [5.74, 6) is 1.82. The molecule has 0 saturated carbocycles. The lowest BCUT2D eigenvalue weighted by Crippen LogP contribution is -2.34. The highest BCUT2D eigenvalue weighted by Crippen LogP contribution is 2.33. The third kappa shape index (κ3) is 2.30. The molecule has 0 radical (unpaired) electrons. The quantitative estimate of drug-likeness (QED) is 0.829. The third-order valence-corrected chi connectivity index (χ3v) is 4.49. The molecule has 0 aromatic carbocycles. The molecule has 4 heterocycles. The molecule has 0 aliphatic carbocycles. The summed E-state index contributed by atoms with van der Waals surface area (Å²) in [7, 11) is 0. The van der Waals surface area contributed by atoms with E-state index in [1.54, 1.807) is 24.7 Å². The molecular formula is C16H17N5O. The first-order chi connectivity index (χ1) is 10.8. The molecule has 2 saturated heterocycles. The Kier molecular flexibility index (Phi) is 3.21. The van der Waals surface area contributed by atoms with Crippen molar-refractivity contribution in [3.63, 3.8) is 0 Å². The van der Waals surface area contributed by atoms with Crippen LogP contribution in [-0.2, 0) is 0 Å². The van der Waals surface area contributed by atoms with Crippen molar-refractivity contribution in [3.8, 4) is 0 Å². The fourth-order valence-corrected chi connectivity index (χ4v) is 3.43. The highest BCUT2D eigenvalue weighted by atomic mass is 16.2. The van der Waals surface area contributed by atoms with Gasteiger partial charge in [-0.2, -0.15) is 0 Å². The molecular weight excluding hydrogens is 278 g/mol. The number of carbonyl (C=O) groups excluding carboxylic acids is 1. The van der Waals surface area contributed by atoms with Crippen LogP contribution in [0.4, 0.5) is 5.95 Å². The zero-order valence-electron chi connectivity index (χ0n) is 12.2. The molecule has 6 nitrogen and oxygen atoms in total. The number of carbonyl (C=O) groups is 1. The van der Waals surface area contributed by atoms with Gasteiger partial charge in [-0.15, -0.1) is 0 Å². The highest BCUT2D eigenvalue weighted by Gasteiger charge is 2.42. The highest BCUT2D eigenvalue weighted by molar-refractivity contribution is 5.92. The average Bonchev–Trinajstić information content (AvgIpc) is 3.15. The Hall–Kier alpha value is -2.50. The number of likely N-dealkylation sites (tertiary alicyclic amines) is 1. The van der Waals surface area contributed by atoms with Crippen LogP contribution < -0.4 is 4.90 Å². The molecule has 4 rings (SSSR count). The second-order valence-electron chi connectivity index (χ2n) is 5.90. The van der Waals surface area contributed by atoms with E-state index in [2.05, 4.69) is 19.9 Å². The van der Waals surface area contributed by atoms with E-state index < -0.39 is 0 Å². The first-order valence-corrected chi connectivity index (χ1v) is 7.53. The van der Waals surface area contributed by atoms with Crippen molar-refractivity contribution in [1.82, 2.24) is 19.9 Å². The fraction of sp³-hybridized carbons (Fsp3) is 0.375. The van der Waals surface area contributed by atoms with Crippen molar-refractivity contribution in [2.75, 3.05) is 31.1 Å². The largest absolute Gasteiger partial charge is 0.340 e. The Balaban J connectivity index is 1.43. The summed E-state index contributed by atoms with van der Waals surface area (Å²) in [6.45, 7) is 3.42. The molecule has 0 unspecified atom stereocenters. The summed E-state index contributed by atoms with van der Waals surface area (Å²) in [6, 6.07) is 7.28. The minimum atomic E-state index is 0.0394. The average molecular weight is 295 g/mol. The first-order valence-electron chi connectivity index (χ1n) is 7.53. The van der Waals surface area contributed by atoms with Crippen LogP contribution >= 0.6 is 0 Å². The number of rotatable bonds is 2. The van der Waals surface area contributed by atoms with Crippen molar-refractivity contribution in [1.29, 1.82) is 0 Å². The number of fused-ring (bicyclic) bond motifs is 1. The minimum absolute atomic E-state index is 0.0394. The Bertz CT molecular complexity index is 649. The van der Waals surface area contributed by atoms with Gasteiger partial charge in [0.1, 0.15) is 5.69 Å². The SMILES string of the molecule is O=C(c1ccccn1)N1C[C@@H]2CN(c3ncccn3)C[C@@H]2C1. The van der Waals surface area contributed by atoms with Crippen molar-refractivity contribution < 1.29 is 4.79 Å². The van der Waals surface area contributed by atoms with Gasteiger partial charge in [0.15, 0.2) is 0 Å². The Morgan fingerprint density at radius 1 is 0.909 bits per heavy atom. The summed E-state index contributed by atoms with van der Waals surface area (Å²) < 4.78 is 0. The zero-order chi connectivity index (χ0) is 14.9. The van der Waals surface area contributed by atoms with E-state index in [1.165, 1.54) is 0 Å². The van der Waals surface area contributed by atoms with E-state index >= 15 is 0 Å². The number of hydrogen-bond acceptors (Lipinski definition) is 5. The number of hydrogen-bond donors (Lipinski definition) is 0. The lowest BCUT2D eigenvalue weighted by Gasteiger charge is -2.21. The molecule has 2 aliphatic heterocycles. The number of pyridine rings is 1. The van der Waals surface area contributed by atoms with E-state index in [9.17, 15) is 4.79 Å². The van der Waals surface area contributed by atoms with Gasteiger partial charge in [-0.1, -0.05) is 6.07 Å². The van der Waals surface area contributed by atoms with Gasteiger partial charge in [0.2, 0.25) is 5.95 Å². The molecule has 6 heteroatoms. The van der Waals surface area contributed by atoms with Crippen LogP contribution in [0.3, 0.4) is 0 Å². The molecule has 0 spiro atoms. The predicted molar refractivity (Wildman–Crippen MR) is 81.4 cm³/mol. The standard InChI is InChI=1S/C16H17N5O/c22-15(14-4-1-2-5-17-14)20-8-12-10-21(11-13(12)9-20)16-18-6-3-7-19-16/h1-7,12-13H,8-11H2/t12-,13+. The second kappa shape index (κ2) is 5.36. The minimum Gasteiger partial charge on any atom is -0.340 e. The normalized spacial score (nSPS) is 23.6. The summed E-state index contributed by atoms with van der Waals surface area (Å²) >= 11 is 0. The zero-order valence-corrected chi connectivity index (χ0v) is 12.2. The van der Waals surface area contributed by atoms with E-state index in [4.69, 9.17) is 0 Å². The van der Waals surface area contributed by atoms with Gasteiger partial charge in [0.25, 0.3) is 5.91 Å². The molecule has 2 aromatic heterocycles. The topological polar surface area (TPSA) is 62.2 Å². The van der Waals surface area contributed by atoms with Crippen molar-refractivity contribution in [2.24, 2.45) is 11.8 Å². The van der Waals surface area contributed by atoms with Crippen molar-refractivity contribution in [2.45, 2.75) is 0 Å². The van der Waals surface area contributed by atoms with Crippen LogP contribution in [-0.4, -0.2) is 51.9 Å². The van der Waals surface area contributed by atoms with Crippen LogP contribution in [0.1, 0.15) is 10.5 Å². The molecule has 2 atom stereocenters. The van der Waals surface area contributed by atoms with Gasteiger partial charge in [0, 0.05) is 56.6 Å². The predicted octanol–water partition coefficient (Wildman–Crippen LogP) is 1.08. The van der Waals surface area contributed by atoms with E-state index in [0.717, 1.165) is 32.1 Å². The van der Waals surface area contributed by atoms with Gasteiger partial charge >= 0.3 is 0 Å².